The lowest BCUT2D eigenvalue weighted by molar-refractivity contribution is -0.119. The van der Waals surface area contributed by atoms with E-state index in [1.165, 1.54) is 43.2 Å². The Kier molecular flexibility index (Phi) is 4.52. The van der Waals surface area contributed by atoms with E-state index in [0.29, 0.717) is 28.6 Å². The van der Waals surface area contributed by atoms with Gasteiger partial charge in [0.25, 0.3) is 5.56 Å². The normalized spacial score (nSPS) is 30.2. The number of amides is 1. The van der Waals surface area contributed by atoms with Gasteiger partial charge in [0.05, 0.1) is 10.9 Å². The molecule has 29 heavy (non-hydrogen) atoms. The maximum absolute atomic E-state index is 13.0. The van der Waals surface area contributed by atoms with Crippen LogP contribution >= 0.6 is 0 Å². The molecule has 154 valence electrons. The molecule has 1 heterocycles. The molecule has 4 aliphatic carbocycles. The summed E-state index contributed by atoms with van der Waals surface area (Å²) in [5.74, 6) is 3.26. The van der Waals surface area contributed by atoms with Crippen molar-refractivity contribution < 1.29 is 4.79 Å². The molecule has 5 heteroatoms. The zero-order valence-corrected chi connectivity index (χ0v) is 17.5. The van der Waals surface area contributed by atoms with Gasteiger partial charge >= 0.3 is 0 Å². The van der Waals surface area contributed by atoms with Crippen LogP contribution in [0.15, 0.2) is 29.1 Å². The van der Waals surface area contributed by atoms with Crippen LogP contribution in [0, 0.1) is 23.2 Å². The smallest absolute Gasteiger partial charge is 0.273 e. The Hall–Kier alpha value is -2.17. The minimum absolute atomic E-state index is 0.0377. The fraction of sp³-hybridized carbons (Fsp3) is 0.625. The summed E-state index contributed by atoms with van der Waals surface area (Å²) in [7, 11) is 0. The van der Waals surface area contributed by atoms with E-state index in [2.05, 4.69) is 10.4 Å². The van der Waals surface area contributed by atoms with Gasteiger partial charge in [-0.3, -0.25) is 15.0 Å². The van der Waals surface area contributed by atoms with Gasteiger partial charge in [-0.25, -0.2) is 9.66 Å². The highest BCUT2D eigenvalue weighted by atomic mass is 16.2. The first kappa shape index (κ1) is 18.8. The van der Waals surface area contributed by atoms with E-state index in [1.807, 2.05) is 32.0 Å². The summed E-state index contributed by atoms with van der Waals surface area (Å²) in [4.78, 5) is 30.5. The third-order valence-electron chi connectivity index (χ3n) is 7.60. The van der Waals surface area contributed by atoms with Crippen molar-refractivity contribution in [2.45, 2.75) is 71.1 Å². The fourth-order valence-corrected chi connectivity index (χ4v) is 6.80. The topological polar surface area (TPSA) is 64.0 Å². The van der Waals surface area contributed by atoms with E-state index >= 15 is 0 Å². The molecule has 2 aromatic rings. The quantitative estimate of drug-likeness (QED) is 0.808. The molecule has 4 aliphatic rings. The van der Waals surface area contributed by atoms with E-state index in [9.17, 15) is 9.59 Å². The van der Waals surface area contributed by atoms with Crippen LogP contribution in [0.2, 0.25) is 0 Å². The third-order valence-corrected chi connectivity index (χ3v) is 7.60. The first-order valence-electron chi connectivity index (χ1n) is 11.2. The largest absolute Gasteiger partial charge is 0.280 e. The van der Waals surface area contributed by atoms with E-state index in [1.54, 1.807) is 6.07 Å². The molecule has 0 atom stereocenters. The lowest BCUT2D eigenvalue weighted by atomic mass is 9.48. The standard InChI is InChI=1S/C24H31N3O2/c1-15(2)22-25-20-6-4-3-5-19(20)23(29)27(22)26-21(28)7-8-24-12-16-9-17(13-24)11-18(10-16)14-24/h3-6,15-18H,7-14H2,1-2H3,(H,26,28). The van der Waals surface area contributed by atoms with Crippen molar-refractivity contribution in [1.82, 2.24) is 9.66 Å². The maximum atomic E-state index is 13.0. The third kappa shape index (κ3) is 3.38. The Balaban J connectivity index is 1.34. The second-order valence-electron chi connectivity index (χ2n) is 10.2. The van der Waals surface area contributed by atoms with Gasteiger partial charge in [-0.2, -0.15) is 0 Å². The highest BCUT2D eigenvalue weighted by Gasteiger charge is 2.50. The Morgan fingerprint density at radius 1 is 1.14 bits per heavy atom. The van der Waals surface area contributed by atoms with Crippen LogP contribution in [0.1, 0.15) is 77.0 Å². The summed E-state index contributed by atoms with van der Waals surface area (Å²) < 4.78 is 1.38. The van der Waals surface area contributed by atoms with E-state index < -0.39 is 0 Å². The number of nitrogens with zero attached hydrogens (tertiary/aromatic N) is 2. The Morgan fingerprint density at radius 3 is 2.38 bits per heavy atom. The molecule has 4 fully saturated rings. The molecule has 1 aromatic heterocycles. The van der Waals surface area contributed by atoms with Gasteiger partial charge in [-0.15, -0.1) is 0 Å². The molecular weight excluding hydrogens is 362 g/mol. The first-order valence-corrected chi connectivity index (χ1v) is 11.2. The number of fused-ring (bicyclic) bond motifs is 1. The zero-order chi connectivity index (χ0) is 20.2. The summed E-state index contributed by atoms with van der Waals surface area (Å²) in [5, 5.41) is 0.540. The van der Waals surface area contributed by atoms with Gasteiger partial charge in [0.2, 0.25) is 5.91 Å². The van der Waals surface area contributed by atoms with Crippen LogP contribution in [0.4, 0.5) is 0 Å². The van der Waals surface area contributed by atoms with Crippen LogP contribution in [0.25, 0.3) is 10.9 Å². The average molecular weight is 394 g/mol. The maximum Gasteiger partial charge on any atom is 0.280 e. The van der Waals surface area contributed by atoms with Gasteiger partial charge in [0, 0.05) is 12.3 Å². The molecule has 1 N–H and O–H groups in total. The monoisotopic (exact) mass is 393 g/mol. The average Bonchev–Trinajstić information content (AvgIpc) is 2.67. The molecule has 4 saturated carbocycles. The molecule has 1 amide bonds. The Morgan fingerprint density at radius 2 is 1.76 bits per heavy atom. The van der Waals surface area contributed by atoms with Crippen LogP contribution in [-0.4, -0.2) is 15.6 Å². The van der Waals surface area contributed by atoms with E-state index in [-0.39, 0.29) is 17.4 Å². The second kappa shape index (κ2) is 6.96. The van der Waals surface area contributed by atoms with Crippen molar-refractivity contribution >= 4 is 16.8 Å². The molecule has 1 aromatic carbocycles. The van der Waals surface area contributed by atoms with Gasteiger partial charge in [-0.05, 0) is 80.2 Å². The second-order valence-corrected chi connectivity index (χ2v) is 10.2. The van der Waals surface area contributed by atoms with Crippen LogP contribution in [-0.2, 0) is 4.79 Å². The molecule has 0 radical (unpaired) electrons. The van der Waals surface area contributed by atoms with Crippen molar-refractivity contribution in [1.29, 1.82) is 0 Å². The zero-order valence-electron chi connectivity index (χ0n) is 17.5. The summed E-state index contributed by atoms with van der Waals surface area (Å²) >= 11 is 0. The number of aromatic nitrogens is 2. The van der Waals surface area contributed by atoms with Crippen molar-refractivity contribution in [3.8, 4) is 0 Å². The lowest BCUT2D eigenvalue weighted by Gasteiger charge is -2.57. The summed E-state index contributed by atoms with van der Waals surface area (Å²) in [6.07, 6.45) is 9.62. The van der Waals surface area contributed by atoms with Gasteiger partial charge in [0.1, 0.15) is 5.82 Å². The van der Waals surface area contributed by atoms with Crippen LogP contribution in [0.3, 0.4) is 0 Å². The van der Waals surface area contributed by atoms with Gasteiger partial charge in [-0.1, -0.05) is 26.0 Å². The number of hydrogen-bond donors (Lipinski definition) is 1. The predicted molar refractivity (Wildman–Crippen MR) is 114 cm³/mol. The fourth-order valence-electron chi connectivity index (χ4n) is 6.80. The lowest BCUT2D eigenvalue weighted by Crippen LogP contribution is -2.46. The molecule has 4 bridgehead atoms. The number of carbonyl (C=O) groups excluding carboxylic acids is 1. The van der Waals surface area contributed by atoms with Crippen molar-refractivity contribution in [3.05, 3.63) is 40.4 Å². The molecule has 0 aliphatic heterocycles. The number of benzene rings is 1. The minimum Gasteiger partial charge on any atom is -0.273 e. The minimum atomic E-state index is -0.192. The van der Waals surface area contributed by atoms with E-state index in [0.717, 1.165) is 24.2 Å². The van der Waals surface area contributed by atoms with Gasteiger partial charge in [0.15, 0.2) is 0 Å². The Labute approximate surface area is 171 Å². The molecule has 5 nitrogen and oxygen atoms in total. The predicted octanol–water partition coefficient (Wildman–Crippen LogP) is 4.59. The number of hydrogen-bond acceptors (Lipinski definition) is 3. The highest BCUT2D eigenvalue weighted by Crippen LogP contribution is 2.61. The summed E-state index contributed by atoms with van der Waals surface area (Å²) in [5.41, 5.74) is 3.75. The number of nitrogens with one attached hydrogen (secondary N) is 1. The number of rotatable bonds is 5. The number of carbonyl (C=O) groups is 1. The highest BCUT2D eigenvalue weighted by molar-refractivity contribution is 5.84. The molecular formula is C24H31N3O2. The van der Waals surface area contributed by atoms with E-state index in [4.69, 9.17) is 0 Å². The SMILES string of the molecule is CC(C)c1nc2ccccc2c(=O)n1NC(=O)CCC12CC3CC(CC(C3)C1)C2. The molecule has 0 saturated heterocycles. The first-order chi connectivity index (χ1) is 13.9. The molecule has 6 rings (SSSR count). The number of para-hydroxylation sites is 1. The molecule has 0 unspecified atom stereocenters. The molecule has 0 spiro atoms. The summed E-state index contributed by atoms with van der Waals surface area (Å²) in [6.45, 7) is 3.99. The summed E-state index contributed by atoms with van der Waals surface area (Å²) in [6, 6.07) is 7.33. The van der Waals surface area contributed by atoms with Crippen molar-refractivity contribution in [2.75, 3.05) is 5.43 Å². The van der Waals surface area contributed by atoms with Crippen molar-refractivity contribution in [3.63, 3.8) is 0 Å². The Bertz CT molecular complexity index is 972. The van der Waals surface area contributed by atoms with Crippen LogP contribution < -0.4 is 11.0 Å². The van der Waals surface area contributed by atoms with Crippen LogP contribution in [0.5, 0.6) is 0 Å². The van der Waals surface area contributed by atoms with Gasteiger partial charge < -0.3 is 0 Å². The van der Waals surface area contributed by atoms with Crippen molar-refractivity contribution in [2.24, 2.45) is 23.2 Å².